The van der Waals surface area contributed by atoms with Crippen molar-refractivity contribution in [3.63, 3.8) is 0 Å². The van der Waals surface area contributed by atoms with E-state index in [4.69, 9.17) is 14.5 Å². The molecule has 5 heterocycles. The smallest absolute Gasteiger partial charge is 0.343 e. The van der Waals surface area contributed by atoms with Gasteiger partial charge in [0, 0.05) is 85.3 Å². The molecule has 0 bridgehead atoms. The average Bonchev–Trinajstić information content (AvgIpc) is 4.10. The van der Waals surface area contributed by atoms with Crippen molar-refractivity contribution in [1.29, 1.82) is 0 Å². The normalized spacial score (nSPS) is 17.5. The number of ether oxygens (including phenoxy) is 2. The highest BCUT2D eigenvalue weighted by atomic mass is 19.1. The van der Waals surface area contributed by atoms with E-state index >= 15 is 4.39 Å². The van der Waals surface area contributed by atoms with Gasteiger partial charge in [0.2, 0.25) is 17.7 Å². The molecule has 20 heteroatoms. The van der Waals surface area contributed by atoms with Gasteiger partial charge < -0.3 is 34.7 Å². The first kappa shape index (κ1) is 56.6. The molecular formula is C58H65FN6O13. The number of cyclic esters (lactones) is 1. The van der Waals surface area contributed by atoms with Gasteiger partial charge >= 0.3 is 5.97 Å². The second-order valence-electron chi connectivity index (χ2n) is 20.5. The molecule has 1 aliphatic carbocycles. The third kappa shape index (κ3) is 11.9. The Bertz CT molecular complexity index is 3210. The first-order valence-corrected chi connectivity index (χ1v) is 26.7. The zero-order valence-corrected chi connectivity index (χ0v) is 44.4. The first-order chi connectivity index (χ1) is 37.3. The van der Waals surface area contributed by atoms with Crippen molar-refractivity contribution >= 4 is 63.8 Å². The summed E-state index contributed by atoms with van der Waals surface area (Å²) in [6, 6.07) is 11.4. The third-order valence-electron chi connectivity index (χ3n) is 15.4. The summed E-state index contributed by atoms with van der Waals surface area (Å²) in [5.74, 6) is -5.17. The van der Waals surface area contributed by atoms with E-state index < -0.39 is 52.5 Å². The first-order valence-electron chi connectivity index (χ1n) is 26.7. The zero-order valence-electron chi connectivity index (χ0n) is 44.4. The SMILES string of the molecule is CCN(C(=O)COCCC(=O)CNC(=O)[C@@H](CC(=O)CNC(=O)CCC(=O)CCCCCN1C(=O)C=C(C)C1=O)Cc1ccccc1)[C@H]1CCc2c(C)c(F)cc3nc4c(c1c23)Cn1c-4cc2c(c1=O)COC(=O)[C@]2(O)CC. The lowest BCUT2D eigenvalue weighted by atomic mass is 9.81. The fourth-order valence-electron chi connectivity index (χ4n) is 11.0. The van der Waals surface area contributed by atoms with Gasteiger partial charge in [0.15, 0.2) is 17.2 Å². The molecule has 3 aliphatic heterocycles. The van der Waals surface area contributed by atoms with Crippen LogP contribution >= 0.6 is 0 Å². The lowest BCUT2D eigenvalue weighted by Crippen LogP contribution is -2.44. The van der Waals surface area contributed by atoms with E-state index in [1.165, 1.54) is 21.6 Å². The summed E-state index contributed by atoms with van der Waals surface area (Å²) in [4.78, 5) is 137. The molecule has 2 aromatic heterocycles. The number of nitrogens with zero attached hydrogens (tertiary/aromatic N) is 4. The highest BCUT2D eigenvalue weighted by Crippen LogP contribution is 2.47. The Morgan fingerprint density at radius 2 is 1.67 bits per heavy atom. The highest BCUT2D eigenvalue weighted by molar-refractivity contribution is 6.15. The molecule has 412 valence electrons. The summed E-state index contributed by atoms with van der Waals surface area (Å²) in [6.45, 7) is 5.78. The summed E-state index contributed by atoms with van der Waals surface area (Å²) < 4.78 is 28.1. The highest BCUT2D eigenvalue weighted by Gasteiger charge is 2.46. The number of hydrogen-bond acceptors (Lipinski definition) is 14. The molecule has 0 spiro atoms. The maximum Gasteiger partial charge on any atom is 0.343 e. The molecule has 0 fully saturated rings. The number of nitrogens with one attached hydrogen (secondary N) is 2. The van der Waals surface area contributed by atoms with Crippen molar-refractivity contribution in [2.75, 3.05) is 39.4 Å². The molecule has 0 saturated carbocycles. The number of benzene rings is 2. The number of ketones is 3. The molecule has 8 rings (SSSR count). The summed E-state index contributed by atoms with van der Waals surface area (Å²) in [6.07, 6.45) is 3.74. The maximum atomic E-state index is 15.5. The number of aliphatic hydroxyl groups is 1. The predicted molar refractivity (Wildman–Crippen MR) is 281 cm³/mol. The number of likely N-dealkylation sites (N-methyl/N-ethyl adjacent to an activating group) is 1. The Kier molecular flexibility index (Phi) is 17.7. The number of hydrogen-bond donors (Lipinski definition) is 3. The number of unbranched alkanes of at least 4 members (excludes halogenated alkanes) is 2. The standard InChI is InChI=1S/C58H65FN6O13/c1-5-58(76)43-26-47-53-41(30-65(47)56(74)42(43)31-78-57(58)75)52-46(18-17-40-34(4)44(59)27-45(62-53)51(40)52)63(6-2)50(71)32-77-22-20-38(67)28-61-54(72)36(24-35-13-9-7-10-14-35)25-39(68)29-60-48(69)19-16-37(66)15-11-8-12-21-64-49(70)23-33(3)55(64)73/h7,9-10,13-14,23,26-27,36,46,76H,5-6,8,11-12,15-22,24-25,28-32H2,1-4H3,(H,60,69)(H,61,72)/t36-,46+,58+/m1/s1. The van der Waals surface area contributed by atoms with Crippen molar-refractivity contribution in [3.8, 4) is 11.4 Å². The summed E-state index contributed by atoms with van der Waals surface area (Å²) in [7, 11) is 0. The molecule has 5 amide bonds. The minimum atomic E-state index is -2.05. The van der Waals surface area contributed by atoms with E-state index in [1.54, 1.807) is 43.9 Å². The van der Waals surface area contributed by atoms with Crippen LogP contribution in [0.2, 0.25) is 0 Å². The van der Waals surface area contributed by atoms with Gasteiger partial charge in [0.1, 0.15) is 24.8 Å². The number of aryl methyl sites for hydroxylation is 1. The number of amides is 5. The molecule has 0 saturated heterocycles. The number of Topliss-reactive ketones (excluding diaryl/α,β-unsaturated/α-hetero) is 3. The van der Waals surface area contributed by atoms with Gasteiger partial charge in [-0.1, -0.05) is 43.7 Å². The Morgan fingerprint density at radius 3 is 2.38 bits per heavy atom. The second-order valence-corrected chi connectivity index (χ2v) is 20.5. The van der Waals surface area contributed by atoms with Crippen LogP contribution in [0.25, 0.3) is 22.3 Å². The lowest BCUT2D eigenvalue weighted by Gasteiger charge is -2.37. The number of pyridine rings is 2. The average molecular weight is 1070 g/mol. The Morgan fingerprint density at radius 1 is 0.910 bits per heavy atom. The van der Waals surface area contributed by atoms with E-state index in [9.17, 15) is 53.1 Å². The lowest BCUT2D eigenvalue weighted by molar-refractivity contribution is -0.172. The van der Waals surface area contributed by atoms with Crippen LogP contribution in [0.3, 0.4) is 0 Å². The number of halogens is 1. The van der Waals surface area contributed by atoms with Gasteiger partial charge in [0.25, 0.3) is 17.4 Å². The van der Waals surface area contributed by atoms with Crippen LogP contribution in [-0.2, 0) is 84.2 Å². The van der Waals surface area contributed by atoms with Crippen LogP contribution in [0.1, 0.15) is 130 Å². The van der Waals surface area contributed by atoms with Crippen LogP contribution in [0, 0.1) is 18.7 Å². The topological polar surface area (TPSA) is 258 Å². The van der Waals surface area contributed by atoms with Gasteiger partial charge in [-0.05, 0) is 87.6 Å². The third-order valence-corrected chi connectivity index (χ3v) is 15.4. The van der Waals surface area contributed by atoms with Crippen molar-refractivity contribution in [1.82, 2.24) is 30.0 Å². The Balaban J connectivity index is 0.825. The van der Waals surface area contributed by atoms with Crippen molar-refractivity contribution in [2.45, 2.75) is 130 Å². The molecule has 4 aromatic rings. The number of fused-ring (bicyclic) bond motifs is 5. The number of esters is 1. The van der Waals surface area contributed by atoms with E-state index in [0.29, 0.717) is 71.1 Å². The molecule has 3 N–H and O–H groups in total. The number of imide groups is 1. The number of carbonyl (C=O) groups excluding carboxylic acids is 9. The van der Waals surface area contributed by atoms with Crippen LogP contribution < -0.4 is 16.2 Å². The Hall–Kier alpha value is -7.58. The van der Waals surface area contributed by atoms with Crippen molar-refractivity contribution in [2.24, 2.45) is 5.92 Å². The molecule has 19 nitrogen and oxygen atoms in total. The fraction of sp³-hybridized carbons (Fsp3) is 0.466. The monoisotopic (exact) mass is 1070 g/mol. The predicted octanol–water partition coefficient (Wildman–Crippen LogP) is 4.61. The number of aromatic nitrogens is 2. The van der Waals surface area contributed by atoms with Crippen LogP contribution in [-0.4, -0.2) is 117 Å². The molecule has 78 heavy (non-hydrogen) atoms. The second kappa shape index (κ2) is 24.4. The molecule has 4 aliphatic rings. The molecule has 3 atom stereocenters. The maximum absolute atomic E-state index is 15.5. The fourth-order valence-corrected chi connectivity index (χ4v) is 11.0. The van der Waals surface area contributed by atoms with E-state index in [1.807, 2.05) is 25.1 Å². The number of rotatable bonds is 26. The van der Waals surface area contributed by atoms with Crippen molar-refractivity contribution in [3.05, 3.63) is 109 Å². The zero-order chi connectivity index (χ0) is 56.0. The Labute approximate surface area is 449 Å². The summed E-state index contributed by atoms with van der Waals surface area (Å²) in [5, 5.41) is 17.3. The van der Waals surface area contributed by atoms with Gasteiger partial charge in [-0.3, -0.25) is 48.1 Å². The minimum absolute atomic E-state index is 0.0199. The molecule has 2 aromatic carbocycles. The van der Waals surface area contributed by atoms with Crippen molar-refractivity contribution < 1.29 is 62.1 Å². The van der Waals surface area contributed by atoms with Crippen LogP contribution in [0.4, 0.5) is 4.39 Å². The van der Waals surface area contributed by atoms with Gasteiger partial charge in [-0.2, -0.15) is 0 Å². The molecule has 0 unspecified atom stereocenters. The van der Waals surface area contributed by atoms with E-state index in [0.717, 1.165) is 16.7 Å². The summed E-state index contributed by atoms with van der Waals surface area (Å²) in [5.41, 5.74) is 2.66. The minimum Gasteiger partial charge on any atom is -0.458 e. The van der Waals surface area contributed by atoms with Crippen LogP contribution in [0.5, 0.6) is 0 Å². The van der Waals surface area contributed by atoms with Gasteiger partial charge in [-0.15, -0.1) is 0 Å². The van der Waals surface area contributed by atoms with Crippen LogP contribution in [0.15, 0.2) is 58.9 Å². The van der Waals surface area contributed by atoms with E-state index in [2.05, 4.69) is 10.6 Å². The quantitative estimate of drug-likeness (QED) is 0.0388. The van der Waals surface area contributed by atoms with E-state index in [-0.39, 0.29) is 138 Å². The molecular weight excluding hydrogens is 1010 g/mol. The molecule has 0 radical (unpaired) electrons. The van der Waals surface area contributed by atoms with Gasteiger partial charge in [-0.25, -0.2) is 14.2 Å². The summed E-state index contributed by atoms with van der Waals surface area (Å²) >= 11 is 0. The van der Waals surface area contributed by atoms with Gasteiger partial charge in [0.05, 0.1) is 54.8 Å². The number of carbonyl (C=O) groups is 9. The largest absolute Gasteiger partial charge is 0.458 e.